The molecule has 0 radical (unpaired) electrons. The van der Waals surface area contributed by atoms with Crippen LogP contribution in [0.1, 0.15) is 18.9 Å². The van der Waals surface area contributed by atoms with Gasteiger partial charge in [-0.25, -0.2) is 4.98 Å². The van der Waals surface area contributed by atoms with E-state index in [1.165, 1.54) is 18.4 Å². The first kappa shape index (κ1) is 11.7. The SMILES string of the molecule is COCC(CNC1CC1)n1cnc2ccccc21. The van der Waals surface area contributed by atoms with Crippen molar-refractivity contribution in [3.63, 3.8) is 0 Å². The van der Waals surface area contributed by atoms with Gasteiger partial charge < -0.3 is 14.6 Å². The molecule has 4 heteroatoms. The highest BCUT2D eigenvalue weighted by molar-refractivity contribution is 5.75. The van der Waals surface area contributed by atoms with E-state index < -0.39 is 0 Å². The lowest BCUT2D eigenvalue weighted by molar-refractivity contribution is 0.155. The minimum absolute atomic E-state index is 0.308. The summed E-state index contributed by atoms with van der Waals surface area (Å²) in [5.74, 6) is 0. The Morgan fingerprint density at radius 2 is 2.28 bits per heavy atom. The Bertz CT molecular complexity index is 518. The number of benzene rings is 1. The number of imidazole rings is 1. The van der Waals surface area contributed by atoms with Gasteiger partial charge in [-0.15, -0.1) is 0 Å². The van der Waals surface area contributed by atoms with E-state index in [4.69, 9.17) is 4.74 Å². The third kappa shape index (κ3) is 2.40. The number of ether oxygens (including phenoxy) is 1. The fourth-order valence-electron chi connectivity index (χ4n) is 2.29. The highest BCUT2D eigenvalue weighted by atomic mass is 16.5. The second-order valence-corrected chi connectivity index (χ2v) is 4.93. The molecular formula is C14H19N3O. The zero-order valence-electron chi connectivity index (χ0n) is 10.7. The fourth-order valence-corrected chi connectivity index (χ4v) is 2.29. The molecule has 1 saturated carbocycles. The summed E-state index contributed by atoms with van der Waals surface area (Å²) in [6.07, 6.45) is 4.54. The van der Waals surface area contributed by atoms with Crippen molar-refractivity contribution < 1.29 is 4.74 Å². The van der Waals surface area contributed by atoms with Gasteiger partial charge in [-0.05, 0) is 25.0 Å². The van der Waals surface area contributed by atoms with Crippen molar-refractivity contribution in [2.45, 2.75) is 24.9 Å². The first-order chi connectivity index (χ1) is 8.88. The van der Waals surface area contributed by atoms with Crippen molar-refractivity contribution in [3.8, 4) is 0 Å². The zero-order valence-corrected chi connectivity index (χ0v) is 10.7. The molecule has 96 valence electrons. The predicted octanol–water partition coefficient (Wildman–Crippen LogP) is 1.98. The molecule has 1 N–H and O–H groups in total. The predicted molar refractivity (Wildman–Crippen MR) is 71.7 cm³/mol. The second kappa shape index (κ2) is 5.08. The van der Waals surface area contributed by atoms with Gasteiger partial charge >= 0.3 is 0 Å². The van der Waals surface area contributed by atoms with Crippen molar-refractivity contribution in [2.24, 2.45) is 0 Å². The van der Waals surface area contributed by atoms with E-state index in [9.17, 15) is 0 Å². The Kier molecular flexibility index (Phi) is 3.30. The van der Waals surface area contributed by atoms with Crippen LogP contribution in [0.5, 0.6) is 0 Å². The largest absolute Gasteiger partial charge is 0.382 e. The molecule has 1 heterocycles. The Morgan fingerprint density at radius 1 is 1.44 bits per heavy atom. The summed E-state index contributed by atoms with van der Waals surface area (Å²) in [6.45, 7) is 1.65. The van der Waals surface area contributed by atoms with Crippen LogP contribution >= 0.6 is 0 Å². The highest BCUT2D eigenvalue weighted by Gasteiger charge is 2.22. The molecule has 1 fully saturated rings. The minimum Gasteiger partial charge on any atom is -0.382 e. The van der Waals surface area contributed by atoms with Crippen LogP contribution in [0.3, 0.4) is 0 Å². The van der Waals surface area contributed by atoms with Gasteiger partial charge in [0.05, 0.1) is 30.0 Å². The quantitative estimate of drug-likeness (QED) is 0.845. The maximum atomic E-state index is 5.34. The van der Waals surface area contributed by atoms with Crippen LogP contribution in [0, 0.1) is 0 Å². The number of rotatable bonds is 6. The van der Waals surface area contributed by atoms with Gasteiger partial charge in [0.1, 0.15) is 0 Å². The molecule has 0 bridgehead atoms. The molecule has 4 nitrogen and oxygen atoms in total. The van der Waals surface area contributed by atoms with Crippen LogP contribution in [0.2, 0.25) is 0 Å². The molecule has 1 aromatic heterocycles. The highest BCUT2D eigenvalue weighted by Crippen LogP contribution is 2.21. The minimum atomic E-state index is 0.308. The van der Waals surface area contributed by atoms with E-state index in [0.29, 0.717) is 12.6 Å². The summed E-state index contributed by atoms with van der Waals surface area (Å²) in [5, 5.41) is 3.57. The van der Waals surface area contributed by atoms with E-state index in [0.717, 1.165) is 18.1 Å². The van der Waals surface area contributed by atoms with E-state index in [1.54, 1.807) is 7.11 Å². The Labute approximate surface area is 107 Å². The van der Waals surface area contributed by atoms with Crippen molar-refractivity contribution in [1.29, 1.82) is 0 Å². The number of fused-ring (bicyclic) bond motifs is 1. The van der Waals surface area contributed by atoms with Crippen molar-refractivity contribution >= 4 is 11.0 Å². The van der Waals surface area contributed by atoms with Crippen LogP contribution in [-0.2, 0) is 4.74 Å². The molecule has 2 aromatic rings. The van der Waals surface area contributed by atoms with Gasteiger partial charge in [0.15, 0.2) is 0 Å². The van der Waals surface area contributed by atoms with E-state index in [2.05, 4.69) is 27.0 Å². The van der Waals surface area contributed by atoms with Crippen LogP contribution in [0.25, 0.3) is 11.0 Å². The summed E-state index contributed by atoms with van der Waals surface area (Å²) < 4.78 is 7.56. The number of aromatic nitrogens is 2. The molecule has 1 aliphatic rings. The average molecular weight is 245 g/mol. The van der Waals surface area contributed by atoms with Crippen LogP contribution in [-0.4, -0.2) is 35.9 Å². The molecule has 1 atom stereocenters. The van der Waals surface area contributed by atoms with Gasteiger partial charge in [0, 0.05) is 19.7 Å². The summed E-state index contributed by atoms with van der Waals surface area (Å²) >= 11 is 0. The lowest BCUT2D eigenvalue weighted by atomic mass is 10.2. The molecule has 1 aromatic carbocycles. The van der Waals surface area contributed by atoms with E-state index in [1.807, 2.05) is 18.5 Å². The summed E-state index contributed by atoms with van der Waals surface area (Å²) in [7, 11) is 1.75. The number of hydrogen-bond donors (Lipinski definition) is 1. The number of hydrogen-bond acceptors (Lipinski definition) is 3. The van der Waals surface area contributed by atoms with Crippen LogP contribution in [0.15, 0.2) is 30.6 Å². The van der Waals surface area contributed by atoms with Crippen molar-refractivity contribution in [3.05, 3.63) is 30.6 Å². The summed E-state index contributed by atoms with van der Waals surface area (Å²) in [4.78, 5) is 4.44. The van der Waals surface area contributed by atoms with Gasteiger partial charge in [-0.1, -0.05) is 12.1 Å². The van der Waals surface area contributed by atoms with Gasteiger partial charge in [-0.2, -0.15) is 0 Å². The van der Waals surface area contributed by atoms with E-state index in [-0.39, 0.29) is 0 Å². The molecule has 0 aliphatic heterocycles. The smallest absolute Gasteiger partial charge is 0.0962 e. The third-order valence-corrected chi connectivity index (χ3v) is 3.45. The van der Waals surface area contributed by atoms with Gasteiger partial charge in [0.2, 0.25) is 0 Å². The van der Waals surface area contributed by atoms with Crippen molar-refractivity contribution in [1.82, 2.24) is 14.9 Å². The third-order valence-electron chi connectivity index (χ3n) is 3.45. The average Bonchev–Trinajstić information content (AvgIpc) is 3.13. The number of methoxy groups -OCH3 is 1. The standard InChI is InChI=1S/C14H19N3O/c1-18-9-12(8-15-11-6-7-11)17-10-16-13-4-2-3-5-14(13)17/h2-5,10-12,15H,6-9H2,1H3. The monoisotopic (exact) mass is 245 g/mol. The normalized spacial score (nSPS) is 17.2. The summed E-state index contributed by atoms with van der Waals surface area (Å²) in [6, 6.07) is 9.26. The molecular weight excluding hydrogens is 226 g/mol. The molecule has 0 saturated heterocycles. The Hall–Kier alpha value is -1.39. The molecule has 1 aliphatic carbocycles. The number of nitrogens with one attached hydrogen (secondary N) is 1. The maximum Gasteiger partial charge on any atom is 0.0962 e. The van der Waals surface area contributed by atoms with E-state index >= 15 is 0 Å². The second-order valence-electron chi connectivity index (χ2n) is 4.93. The van der Waals surface area contributed by atoms with Crippen LogP contribution in [0.4, 0.5) is 0 Å². The Balaban J connectivity index is 1.82. The first-order valence-corrected chi connectivity index (χ1v) is 6.52. The summed E-state index contributed by atoms with van der Waals surface area (Å²) in [5.41, 5.74) is 2.22. The molecule has 18 heavy (non-hydrogen) atoms. The number of para-hydroxylation sites is 2. The molecule has 0 spiro atoms. The lowest BCUT2D eigenvalue weighted by Crippen LogP contribution is -2.29. The molecule has 1 unspecified atom stereocenters. The molecule has 0 amide bonds. The number of nitrogens with zero attached hydrogens (tertiary/aromatic N) is 2. The van der Waals surface area contributed by atoms with Crippen LogP contribution < -0.4 is 5.32 Å². The molecule has 3 rings (SSSR count). The first-order valence-electron chi connectivity index (χ1n) is 6.52. The van der Waals surface area contributed by atoms with Crippen molar-refractivity contribution in [2.75, 3.05) is 20.3 Å². The van der Waals surface area contributed by atoms with Gasteiger partial charge in [-0.3, -0.25) is 0 Å². The fraction of sp³-hybridized carbons (Fsp3) is 0.500. The van der Waals surface area contributed by atoms with Gasteiger partial charge in [0.25, 0.3) is 0 Å². The lowest BCUT2D eigenvalue weighted by Gasteiger charge is -2.19. The maximum absolute atomic E-state index is 5.34. The topological polar surface area (TPSA) is 39.1 Å². The Morgan fingerprint density at radius 3 is 3.06 bits per heavy atom. The zero-order chi connectivity index (χ0) is 12.4.